The number of carbonyl (C=O) groups excluding carboxylic acids is 1. The second-order valence-corrected chi connectivity index (χ2v) is 8.58. The number of aromatic nitrogens is 2. The average Bonchev–Trinajstić information content (AvgIpc) is 3.15. The fourth-order valence-corrected chi connectivity index (χ4v) is 4.68. The first kappa shape index (κ1) is 24.2. The van der Waals surface area contributed by atoms with Crippen LogP contribution >= 0.6 is 12.4 Å². The Labute approximate surface area is 209 Å². The summed E-state index contributed by atoms with van der Waals surface area (Å²) in [5.41, 5.74) is 4.77. The van der Waals surface area contributed by atoms with Gasteiger partial charge < -0.3 is 14.4 Å². The Kier molecular flexibility index (Phi) is 6.75. The van der Waals surface area contributed by atoms with Crippen molar-refractivity contribution in [3.05, 3.63) is 88.1 Å². The standard InChI is InChI=1S/C26H25N5O3.ClH/c1-18-8-10-22-21(16-18)24(25(28(22)2)19-6-4-3-5-7-19)26(32)30-14-12-29(13-15-30)23-11-9-20(17-27-23)31(33)34;/h3-11,16-17H,12-15H2,1-2H3;1H. The molecule has 5 rings (SSSR count). The van der Waals surface area contributed by atoms with Gasteiger partial charge in [0, 0.05) is 50.2 Å². The van der Waals surface area contributed by atoms with Gasteiger partial charge in [-0.05, 0) is 30.7 Å². The van der Waals surface area contributed by atoms with Crippen LogP contribution in [-0.4, -0.2) is 51.5 Å². The zero-order valence-corrected chi connectivity index (χ0v) is 20.4. The van der Waals surface area contributed by atoms with Crippen molar-refractivity contribution in [2.75, 3.05) is 31.1 Å². The van der Waals surface area contributed by atoms with Crippen molar-refractivity contribution in [3.63, 3.8) is 0 Å². The van der Waals surface area contributed by atoms with Crippen LogP contribution in [0, 0.1) is 17.0 Å². The smallest absolute Gasteiger partial charge is 0.287 e. The van der Waals surface area contributed by atoms with Crippen LogP contribution in [-0.2, 0) is 7.05 Å². The van der Waals surface area contributed by atoms with Crippen LogP contribution in [0.5, 0.6) is 0 Å². The summed E-state index contributed by atoms with van der Waals surface area (Å²) in [6.07, 6.45) is 1.28. The number of carbonyl (C=O) groups is 1. The number of hydrogen-bond donors (Lipinski definition) is 0. The highest BCUT2D eigenvalue weighted by atomic mass is 35.5. The lowest BCUT2D eigenvalue weighted by Gasteiger charge is -2.35. The first-order chi connectivity index (χ1) is 16.4. The molecule has 4 aromatic rings. The van der Waals surface area contributed by atoms with Crippen LogP contribution < -0.4 is 4.90 Å². The highest BCUT2D eigenvalue weighted by Crippen LogP contribution is 2.35. The number of fused-ring (bicyclic) bond motifs is 1. The van der Waals surface area contributed by atoms with Gasteiger partial charge in [-0.3, -0.25) is 14.9 Å². The Bertz CT molecular complexity index is 1380. The minimum absolute atomic E-state index is 0. The molecular formula is C26H26ClN5O3. The molecule has 2 aromatic heterocycles. The summed E-state index contributed by atoms with van der Waals surface area (Å²) < 4.78 is 2.11. The predicted molar refractivity (Wildman–Crippen MR) is 139 cm³/mol. The Balaban J connectivity index is 0.00000289. The number of halogens is 1. The molecular weight excluding hydrogens is 466 g/mol. The highest BCUT2D eigenvalue weighted by molar-refractivity contribution is 6.13. The Morgan fingerprint density at radius 3 is 2.34 bits per heavy atom. The van der Waals surface area contributed by atoms with E-state index in [-0.39, 0.29) is 24.0 Å². The van der Waals surface area contributed by atoms with Crippen molar-refractivity contribution >= 4 is 40.7 Å². The number of nitro groups is 1. The lowest BCUT2D eigenvalue weighted by molar-refractivity contribution is -0.385. The molecule has 0 aliphatic carbocycles. The molecule has 1 saturated heterocycles. The second-order valence-electron chi connectivity index (χ2n) is 8.58. The maximum absolute atomic E-state index is 13.9. The first-order valence-corrected chi connectivity index (χ1v) is 11.2. The van der Waals surface area contributed by atoms with Crippen LogP contribution in [0.1, 0.15) is 15.9 Å². The topological polar surface area (TPSA) is 84.5 Å². The average molecular weight is 492 g/mol. The van der Waals surface area contributed by atoms with Gasteiger partial charge in [0.15, 0.2) is 0 Å². The Morgan fingerprint density at radius 1 is 1.00 bits per heavy atom. The summed E-state index contributed by atoms with van der Waals surface area (Å²) in [5.74, 6) is 0.704. The molecule has 0 bridgehead atoms. The lowest BCUT2D eigenvalue weighted by Crippen LogP contribution is -2.49. The van der Waals surface area contributed by atoms with Gasteiger partial charge >= 0.3 is 0 Å². The third-order valence-electron chi connectivity index (χ3n) is 6.45. The van der Waals surface area contributed by atoms with E-state index in [1.807, 2.05) is 49.2 Å². The summed E-state index contributed by atoms with van der Waals surface area (Å²) in [7, 11) is 2.01. The van der Waals surface area contributed by atoms with Crippen molar-refractivity contribution in [2.45, 2.75) is 6.92 Å². The number of hydrogen-bond acceptors (Lipinski definition) is 5. The molecule has 0 spiro atoms. The number of benzene rings is 2. The summed E-state index contributed by atoms with van der Waals surface area (Å²) >= 11 is 0. The molecule has 1 fully saturated rings. The van der Waals surface area contributed by atoms with E-state index in [2.05, 4.69) is 32.7 Å². The zero-order valence-electron chi connectivity index (χ0n) is 19.5. The molecule has 0 saturated carbocycles. The number of aryl methyl sites for hydroxylation is 2. The number of pyridine rings is 1. The third kappa shape index (κ3) is 4.44. The van der Waals surface area contributed by atoms with Gasteiger partial charge in [0.2, 0.25) is 0 Å². The quantitative estimate of drug-likeness (QED) is 0.301. The van der Waals surface area contributed by atoms with Crippen molar-refractivity contribution in [3.8, 4) is 11.3 Å². The first-order valence-electron chi connectivity index (χ1n) is 11.2. The molecule has 9 heteroatoms. The molecule has 1 amide bonds. The zero-order chi connectivity index (χ0) is 23.8. The van der Waals surface area contributed by atoms with Gasteiger partial charge in [-0.1, -0.05) is 42.0 Å². The van der Waals surface area contributed by atoms with Crippen molar-refractivity contribution in [2.24, 2.45) is 7.05 Å². The van der Waals surface area contributed by atoms with E-state index in [4.69, 9.17) is 0 Å². The third-order valence-corrected chi connectivity index (χ3v) is 6.45. The molecule has 1 aliphatic heterocycles. The normalized spacial score (nSPS) is 13.5. The molecule has 0 atom stereocenters. The van der Waals surface area contributed by atoms with E-state index in [0.717, 1.165) is 33.3 Å². The van der Waals surface area contributed by atoms with Crippen LogP contribution in [0.3, 0.4) is 0 Å². The van der Waals surface area contributed by atoms with E-state index in [1.54, 1.807) is 6.07 Å². The highest BCUT2D eigenvalue weighted by Gasteiger charge is 2.29. The van der Waals surface area contributed by atoms with Crippen LogP contribution in [0.15, 0.2) is 66.9 Å². The van der Waals surface area contributed by atoms with Gasteiger partial charge in [-0.25, -0.2) is 4.98 Å². The van der Waals surface area contributed by atoms with E-state index < -0.39 is 4.92 Å². The number of piperazine rings is 1. The fourth-order valence-electron chi connectivity index (χ4n) is 4.68. The number of anilines is 1. The van der Waals surface area contributed by atoms with Crippen molar-refractivity contribution in [1.29, 1.82) is 0 Å². The summed E-state index contributed by atoms with van der Waals surface area (Å²) in [5, 5.41) is 11.9. The second kappa shape index (κ2) is 9.76. The largest absolute Gasteiger partial charge is 0.353 e. The summed E-state index contributed by atoms with van der Waals surface area (Å²) in [4.78, 5) is 32.5. The van der Waals surface area contributed by atoms with E-state index >= 15 is 0 Å². The van der Waals surface area contributed by atoms with Gasteiger partial charge in [0.25, 0.3) is 11.6 Å². The molecule has 0 N–H and O–H groups in total. The molecule has 0 radical (unpaired) electrons. The molecule has 8 nitrogen and oxygen atoms in total. The number of amides is 1. The SMILES string of the molecule is Cc1ccc2c(c1)c(C(=O)N1CCN(c3ccc([N+](=O)[O-])cn3)CC1)c(-c1ccccc1)n2C.Cl. The summed E-state index contributed by atoms with van der Waals surface area (Å²) in [6, 6.07) is 19.4. The van der Waals surface area contributed by atoms with E-state index in [1.165, 1.54) is 12.3 Å². The van der Waals surface area contributed by atoms with Crippen LogP contribution in [0.4, 0.5) is 11.5 Å². The minimum Gasteiger partial charge on any atom is -0.353 e. The van der Waals surface area contributed by atoms with Crippen LogP contribution in [0.2, 0.25) is 0 Å². The van der Waals surface area contributed by atoms with Gasteiger partial charge in [-0.15, -0.1) is 12.4 Å². The summed E-state index contributed by atoms with van der Waals surface area (Å²) in [6.45, 7) is 4.36. The number of nitrogens with zero attached hydrogens (tertiary/aromatic N) is 5. The predicted octanol–water partition coefficient (Wildman–Crippen LogP) is 4.84. The van der Waals surface area contributed by atoms with Gasteiger partial charge in [0.05, 0.1) is 16.2 Å². The molecule has 35 heavy (non-hydrogen) atoms. The van der Waals surface area contributed by atoms with Gasteiger partial charge in [0.1, 0.15) is 12.0 Å². The van der Waals surface area contributed by atoms with Crippen molar-refractivity contribution in [1.82, 2.24) is 14.5 Å². The fraction of sp³-hybridized carbons (Fsp3) is 0.231. The molecule has 0 unspecified atom stereocenters. The van der Waals surface area contributed by atoms with Crippen molar-refractivity contribution < 1.29 is 9.72 Å². The maximum Gasteiger partial charge on any atom is 0.287 e. The number of rotatable bonds is 4. The lowest BCUT2D eigenvalue weighted by atomic mass is 10.0. The molecule has 2 aromatic carbocycles. The molecule has 180 valence electrons. The van der Waals surface area contributed by atoms with E-state index in [9.17, 15) is 14.9 Å². The van der Waals surface area contributed by atoms with E-state index in [0.29, 0.717) is 32.0 Å². The van der Waals surface area contributed by atoms with Crippen LogP contribution in [0.25, 0.3) is 22.2 Å². The Hall–Kier alpha value is -3.91. The molecule has 1 aliphatic rings. The molecule has 3 heterocycles. The maximum atomic E-state index is 13.9. The monoisotopic (exact) mass is 491 g/mol. The van der Waals surface area contributed by atoms with Gasteiger partial charge in [-0.2, -0.15) is 0 Å². The Morgan fingerprint density at radius 2 is 1.71 bits per heavy atom. The minimum atomic E-state index is -0.455.